The molecule has 2 heterocycles. The van der Waals surface area contributed by atoms with E-state index in [2.05, 4.69) is 15.3 Å². The number of fused-ring (bicyclic) bond motifs is 1. The highest BCUT2D eigenvalue weighted by Gasteiger charge is 2.16. The van der Waals surface area contributed by atoms with Gasteiger partial charge < -0.3 is 19.8 Å². The number of amides is 1. The predicted octanol–water partition coefficient (Wildman–Crippen LogP) is 5.04. The first-order valence-corrected chi connectivity index (χ1v) is 10.5. The van der Waals surface area contributed by atoms with Crippen molar-refractivity contribution in [3.05, 3.63) is 78.4 Å². The second-order valence-corrected chi connectivity index (χ2v) is 7.61. The molecule has 1 aromatic heterocycles. The lowest BCUT2D eigenvalue weighted by Crippen LogP contribution is -2.16. The quantitative estimate of drug-likeness (QED) is 0.464. The Morgan fingerprint density at radius 2 is 1.97 bits per heavy atom. The van der Waals surface area contributed by atoms with Crippen molar-refractivity contribution < 1.29 is 14.3 Å². The maximum absolute atomic E-state index is 12.7. The topological polar surface area (TPSA) is 76.2 Å². The fourth-order valence-electron chi connectivity index (χ4n) is 3.70. The van der Waals surface area contributed by atoms with Crippen LogP contribution in [0.2, 0.25) is 0 Å². The number of rotatable bonds is 6. The van der Waals surface area contributed by atoms with Crippen molar-refractivity contribution >= 4 is 22.6 Å². The number of carbonyl (C=O) groups is 1. The van der Waals surface area contributed by atoms with Gasteiger partial charge in [0.2, 0.25) is 0 Å². The number of hydrogen-bond donors (Lipinski definition) is 2. The lowest BCUT2D eigenvalue weighted by atomic mass is 10.1. The Kier molecular flexibility index (Phi) is 5.37. The summed E-state index contributed by atoms with van der Waals surface area (Å²) >= 11 is 0. The molecule has 0 bridgehead atoms. The third-order valence-corrected chi connectivity index (χ3v) is 5.36. The molecule has 0 aliphatic carbocycles. The molecule has 0 radical (unpaired) electrons. The molecule has 1 fully saturated rings. The van der Waals surface area contributed by atoms with Crippen LogP contribution >= 0.6 is 0 Å². The molecule has 6 nitrogen and oxygen atoms in total. The summed E-state index contributed by atoms with van der Waals surface area (Å²) in [6.07, 6.45) is 2.29. The molecule has 31 heavy (non-hydrogen) atoms. The second kappa shape index (κ2) is 8.62. The number of nitrogens with zero attached hydrogens (tertiary/aromatic N) is 1. The molecular formula is C25H23N3O3. The smallest absolute Gasteiger partial charge is 0.255 e. The minimum atomic E-state index is -0.174. The molecular weight excluding hydrogens is 390 g/mol. The fraction of sp³-hybridized carbons (Fsp3) is 0.200. The minimum Gasteiger partial charge on any atom is -0.491 e. The molecule has 1 aliphatic rings. The van der Waals surface area contributed by atoms with E-state index in [1.54, 1.807) is 12.1 Å². The maximum Gasteiger partial charge on any atom is 0.255 e. The zero-order chi connectivity index (χ0) is 21.0. The van der Waals surface area contributed by atoms with Gasteiger partial charge in [-0.2, -0.15) is 0 Å². The molecule has 156 valence electrons. The Morgan fingerprint density at radius 1 is 1.10 bits per heavy atom. The second-order valence-electron chi connectivity index (χ2n) is 7.61. The molecule has 4 aromatic rings. The van der Waals surface area contributed by atoms with Crippen molar-refractivity contribution in [1.29, 1.82) is 0 Å². The molecule has 1 saturated heterocycles. The van der Waals surface area contributed by atoms with Gasteiger partial charge in [0, 0.05) is 23.4 Å². The number of aromatic nitrogens is 2. The molecule has 1 amide bonds. The number of carbonyl (C=O) groups excluding carboxylic acids is 1. The Hall–Kier alpha value is -3.64. The van der Waals surface area contributed by atoms with Crippen LogP contribution in [-0.2, 0) is 4.74 Å². The van der Waals surface area contributed by atoms with Crippen molar-refractivity contribution in [2.45, 2.75) is 18.9 Å². The number of H-pyrrole nitrogens is 1. The van der Waals surface area contributed by atoms with Crippen LogP contribution in [-0.4, -0.2) is 35.2 Å². The van der Waals surface area contributed by atoms with Gasteiger partial charge >= 0.3 is 0 Å². The largest absolute Gasteiger partial charge is 0.491 e. The van der Waals surface area contributed by atoms with Gasteiger partial charge in [0.25, 0.3) is 5.91 Å². The molecule has 0 saturated carbocycles. The molecule has 0 unspecified atom stereocenters. The number of para-hydroxylation sites is 2. The highest BCUT2D eigenvalue weighted by atomic mass is 16.5. The third-order valence-electron chi connectivity index (χ3n) is 5.36. The predicted molar refractivity (Wildman–Crippen MR) is 120 cm³/mol. The molecule has 6 heteroatoms. The van der Waals surface area contributed by atoms with Gasteiger partial charge in [0.15, 0.2) is 0 Å². The maximum atomic E-state index is 12.7. The zero-order valence-electron chi connectivity index (χ0n) is 17.0. The van der Waals surface area contributed by atoms with Crippen molar-refractivity contribution in [3.8, 4) is 17.1 Å². The normalized spacial score (nSPS) is 15.8. The van der Waals surface area contributed by atoms with E-state index in [-0.39, 0.29) is 12.0 Å². The number of nitrogens with one attached hydrogen (secondary N) is 2. The van der Waals surface area contributed by atoms with Crippen LogP contribution in [0.1, 0.15) is 23.2 Å². The summed E-state index contributed by atoms with van der Waals surface area (Å²) in [6, 6.07) is 22.7. The van der Waals surface area contributed by atoms with Gasteiger partial charge in [-0.15, -0.1) is 0 Å². The summed E-state index contributed by atoms with van der Waals surface area (Å²) < 4.78 is 11.3. The van der Waals surface area contributed by atoms with E-state index in [9.17, 15) is 4.79 Å². The number of hydrogen-bond acceptors (Lipinski definition) is 4. The van der Waals surface area contributed by atoms with E-state index in [0.717, 1.165) is 47.6 Å². The van der Waals surface area contributed by atoms with Crippen LogP contribution in [0.25, 0.3) is 22.4 Å². The Labute approximate surface area is 180 Å². The Bertz CT molecular complexity index is 1160. The van der Waals surface area contributed by atoms with Crippen LogP contribution in [0.4, 0.5) is 5.69 Å². The van der Waals surface area contributed by atoms with Gasteiger partial charge in [-0.25, -0.2) is 4.98 Å². The summed E-state index contributed by atoms with van der Waals surface area (Å²) in [4.78, 5) is 20.6. The fourth-order valence-corrected chi connectivity index (χ4v) is 3.70. The van der Waals surface area contributed by atoms with E-state index >= 15 is 0 Å². The summed E-state index contributed by atoms with van der Waals surface area (Å²) in [5.41, 5.74) is 4.08. The van der Waals surface area contributed by atoms with Crippen LogP contribution < -0.4 is 10.1 Å². The number of benzene rings is 3. The monoisotopic (exact) mass is 413 g/mol. The van der Waals surface area contributed by atoms with Gasteiger partial charge in [-0.05, 0) is 61.4 Å². The third kappa shape index (κ3) is 4.44. The molecule has 1 aliphatic heterocycles. The van der Waals surface area contributed by atoms with Crippen molar-refractivity contribution in [2.75, 3.05) is 18.5 Å². The van der Waals surface area contributed by atoms with Crippen molar-refractivity contribution in [2.24, 2.45) is 0 Å². The number of anilines is 1. The van der Waals surface area contributed by atoms with Gasteiger partial charge in [-0.1, -0.05) is 24.3 Å². The first-order valence-electron chi connectivity index (χ1n) is 10.5. The van der Waals surface area contributed by atoms with Gasteiger partial charge in [0.1, 0.15) is 18.2 Å². The van der Waals surface area contributed by atoms with Crippen molar-refractivity contribution in [3.63, 3.8) is 0 Å². The molecule has 1 atom stereocenters. The van der Waals surface area contributed by atoms with E-state index in [1.165, 1.54) is 0 Å². The highest BCUT2D eigenvalue weighted by Crippen LogP contribution is 2.24. The SMILES string of the molecule is O=C(Nc1cccc(-c2nc3ccccc3[nH]2)c1)c1ccc(OC[C@H]2CCCO2)cc1. The number of imidazole rings is 1. The van der Waals surface area contributed by atoms with E-state index in [0.29, 0.717) is 17.9 Å². The first-order chi connectivity index (χ1) is 15.2. The Balaban J connectivity index is 1.25. The molecule has 2 N–H and O–H groups in total. The number of ether oxygens (including phenoxy) is 2. The zero-order valence-corrected chi connectivity index (χ0v) is 17.0. The van der Waals surface area contributed by atoms with Gasteiger partial charge in [-0.3, -0.25) is 4.79 Å². The minimum absolute atomic E-state index is 0.169. The lowest BCUT2D eigenvalue weighted by Gasteiger charge is -2.12. The number of aromatic amines is 1. The van der Waals surface area contributed by atoms with E-state index in [4.69, 9.17) is 9.47 Å². The summed E-state index contributed by atoms with van der Waals surface area (Å²) in [7, 11) is 0. The summed E-state index contributed by atoms with van der Waals surface area (Å²) in [5, 5.41) is 2.96. The molecule has 3 aromatic carbocycles. The standard InChI is InChI=1S/C25H23N3O3/c29-25(17-10-12-20(13-11-17)31-16-21-7-4-14-30-21)26-19-6-3-5-18(15-19)24-27-22-8-1-2-9-23(22)28-24/h1-3,5-6,8-13,15,21H,4,7,14,16H2,(H,26,29)(H,27,28)/t21-/m1/s1. The summed E-state index contributed by atoms with van der Waals surface area (Å²) in [6.45, 7) is 1.35. The highest BCUT2D eigenvalue weighted by molar-refractivity contribution is 6.04. The molecule has 5 rings (SSSR count). The summed E-state index contributed by atoms with van der Waals surface area (Å²) in [5.74, 6) is 1.33. The molecule has 0 spiro atoms. The van der Waals surface area contributed by atoms with Crippen LogP contribution in [0.15, 0.2) is 72.8 Å². The van der Waals surface area contributed by atoms with Crippen molar-refractivity contribution in [1.82, 2.24) is 9.97 Å². The van der Waals surface area contributed by atoms with Crippen LogP contribution in [0, 0.1) is 0 Å². The average Bonchev–Trinajstić information content (AvgIpc) is 3.48. The van der Waals surface area contributed by atoms with E-state index < -0.39 is 0 Å². The van der Waals surface area contributed by atoms with Crippen LogP contribution in [0.3, 0.4) is 0 Å². The first kappa shape index (κ1) is 19.3. The average molecular weight is 413 g/mol. The van der Waals surface area contributed by atoms with E-state index in [1.807, 2.05) is 60.7 Å². The lowest BCUT2D eigenvalue weighted by molar-refractivity contribution is 0.0679. The van der Waals surface area contributed by atoms with Crippen LogP contribution in [0.5, 0.6) is 5.75 Å². The van der Waals surface area contributed by atoms with Gasteiger partial charge in [0.05, 0.1) is 17.1 Å². The Morgan fingerprint density at radius 3 is 2.77 bits per heavy atom.